The molecule has 0 radical (unpaired) electrons. The van der Waals surface area contributed by atoms with Crippen LogP contribution >= 0.6 is 0 Å². The second kappa shape index (κ2) is 3.82. The van der Waals surface area contributed by atoms with Crippen LogP contribution in [0.25, 0.3) is 0 Å². The lowest BCUT2D eigenvalue weighted by Gasteiger charge is -2.25. The second-order valence-electron chi connectivity index (χ2n) is 5.88. The Balaban J connectivity index is 1.86. The van der Waals surface area contributed by atoms with Crippen molar-refractivity contribution in [2.45, 2.75) is 32.4 Å². The molecule has 3 nitrogen and oxygen atoms in total. The quantitative estimate of drug-likeness (QED) is 0.799. The first-order valence-corrected chi connectivity index (χ1v) is 6.54. The Morgan fingerprint density at radius 1 is 1.28 bits per heavy atom. The van der Waals surface area contributed by atoms with Crippen LogP contribution in [0.3, 0.4) is 0 Å². The van der Waals surface area contributed by atoms with Crippen molar-refractivity contribution in [1.29, 1.82) is 0 Å². The number of benzene rings is 1. The van der Waals surface area contributed by atoms with Gasteiger partial charge in [0.05, 0.1) is 12.0 Å². The minimum Gasteiger partial charge on any atom is -0.354 e. The highest BCUT2D eigenvalue weighted by molar-refractivity contribution is 5.86. The highest BCUT2D eigenvalue weighted by Gasteiger charge is 2.57. The van der Waals surface area contributed by atoms with Gasteiger partial charge in [0, 0.05) is 13.0 Å². The van der Waals surface area contributed by atoms with Crippen LogP contribution in [0.5, 0.6) is 0 Å². The highest BCUT2D eigenvalue weighted by atomic mass is 16.5. The minimum atomic E-state index is -0.374. The molecule has 0 aliphatic carbocycles. The van der Waals surface area contributed by atoms with Crippen molar-refractivity contribution in [2.24, 2.45) is 5.41 Å². The zero-order valence-corrected chi connectivity index (χ0v) is 11.0. The number of hydrogen-bond donors (Lipinski definition) is 0. The number of carbonyl (C=O) groups is 1. The van der Waals surface area contributed by atoms with Crippen LogP contribution in [0.4, 0.5) is 0 Å². The van der Waals surface area contributed by atoms with Crippen molar-refractivity contribution in [3.8, 4) is 0 Å². The van der Waals surface area contributed by atoms with Crippen LogP contribution in [0.15, 0.2) is 30.3 Å². The van der Waals surface area contributed by atoms with Crippen molar-refractivity contribution in [2.75, 3.05) is 13.2 Å². The van der Waals surface area contributed by atoms with Crippen molar-refractivity contribution < 1.29 is 9.53 Å². The molecule has 2 aliphatic rings. The van der Waals surface area contributed by atoms with Crippen LogP contribution < -0.4 is 0 Å². The zero-order chi connectivity index (χ0) is 12.8. The standard InChI is InChI=1S/C15H19NO2/c1-14(10-12-6-4-3-5-7-12)11-15(2)16(13(14)17)8-9-18-15/h3-7H,8-11H2,1-2H3/t14-,15+/m0/s1. The van der Waals surface area contributed by atoms with Gasteiger partial charge in [0.1, 0.15) is 5.72 Å². The van der Waals surface area contributed by atoms with Gasteiger partial charge in [0.25, 0.3) is 0 Å². The Morgan fingerprint density at radius 3 is 2.67 bits per heavy atom. The molecule has 2 aliphatic heterocycles. The van der Waals surface area contributed by atoms with Crippen LogP contribution in [-0.2, 0) is 16.0 Å². The summed E-state index contributed by atoms with van der Waals surface area (Å²) in [6, 6.07) is 10.2. The van der Waals surface area contributed by atoms with E-state index in [2.05, 4.69) is 19.1 Å². The molecule has 0 aromatic heterocycles. The average molecular weight is 245 g/mol. The van der Waals surface area contributed by atoms with Gasteiger partial charge < -0.3 is 9.64 Å². The molecule has 1 aromatic carbocycles. The summed E-state index contributed by atoms with van der Waals surface area (Å²) in [6.07, 6.45) is 1.58. The summed E-state index contributed by atoms with van der Waals surface area (Å²) in [5, 5.41) is 0. The molecule has 0 saturated carbocycles. The Hall–Kier alpha value is -1.35. The van der Waals surface area contributed by atoms with E-state index in [0.29, 0.717) is 6.61 Å². The highest BCUT2D eigenvalue weighted by Crippen LogP contribution is 2.47. The monoisotopic (exact) mass is 245 g/mol. The van der Waals surface area contributed by atoms with Gasteiger partial charge in [-0.05, 0) is 18.9 Å². The number of fused-ring (bicyclic) bond motifs is 1. The molecule has 0 N–H and O–H groups in total. The maximum Gasteiger partial charge on any atom is 0.231 e. The normalized spacial score (nSPS) is 35.0. The summed E-state index contributed by atoms with van der Waals surface area (Å²) in [5.74, 6) is 0.242. The summed E-state index contributed by atoms with van der Waals surface area (Å²) in [6.45, 7) is 5.51. The summed E-state index contributed by atoms with van der Waals surface area (Å²) >= 11 is 0. The number of amides is 1. The molecule has 2 fully saturated rings. The molecule has 96 valence electrons. The molecular formula is C15H19NO2. The van der Waals surface area contributed by atoms with Gasteiger partial charge in [-0.25, -0.2) is 0 Å². The fraction of sp³-hybridized carbons (Fsp3) is 0.533. The number of rotatable bonds is 2. The number of hydrogen-bond acceptors (Lipinski definition) is 2. The second-order valence-corrected chi connectivity index (χ2v) is 5.88. The Bertz CT molecular complexity index is 473. The third kappa shape index (κ3) is 1.65. The van der Waals surface area contributed by atoms with Gasteiger partial charge in [-0.3, -0.25) is 4.79 Å². The summed E-state index contributed by atoms with van der Waals surface area (Å²) < 4.78 is 5.77. The smallest absolute Gasteiger partial charge is 0.231 e. The lowest BCUT2D eigenvalue weighted by molar-refractivity contribution is -0.139. The third-order valence-corrected chi connectivity index (χ3v) is 4.22. The lowest BCUT2D eigenvalue weighted by atomic mass is 9.80. The van der Waals surface area contributed by atoms with Gasteiger partial charge in [-0.2, -0.15) is 0 Å². The van der Waals surface area contributed by atoms with Gasteiger partial charge in [-0.1, -0.05) is 37.3 Å². The molecule has 2 atom stereocenters. The summed E-state index contributed by atoms with van der Waals surface area (Å²) in [7, 11) is 0. The van der Waals surface area contributed by atoms with Crippen molar-refractivity contribution >= 4 is 5.91 Å². The summed E-state index contributed by atoms with van der Waals surface area (Å²) in [5.41, 5.74) is 0.523. The van der Waals surface area contributed by atoms with Crippen LogP contribution in [0, 0.1) is 5.41 Å². The molecule has 2 heterocycles. The van der Waals surface area contributed by atoms with E-state index in [1.165, 1.54) is 5.56 Å². The maximum atomic E-state index is 12.6. The Morgan fingerprint density at radius 2 is 2.00 bits per heavy atom. The SMILES string of the molecule is C[C@]1(Cc2ccccc2)C[C@@]2(C)OCCN2C1=O. The zero-order valence-electron chi connectivity index (χ0n) is 11.0. The van der Waals surface area contributed by atoms with Crippen LogP contribution in [0.1, 0.15) is 25.8 Å². The average Bonchev–Trinajstić information content (AvgIpc) is 2.77. The van der Waals surface area contributed by atoms with E-state index in [1.807, 2.05) is 30.0 Å². The third-order valence-electron chi connectivity index (χ3n) is 4.22. The maximum absolute atomic E-state index is 12.6. The van der Waals surface area contributed by atoms with Gasteiger partial charge in [0.15, 0.2) is 0 Å². The van der Waals surface area contributed by atoms with Crippen molar-refractivity contribution in [3.05, 3.63) is 35.9 Å². The van der Waals surface area contributed by atoms with Crippen LogP contribution in [-0.4, -0.2) is 29.7 Å². The first kappa shape index (κ1) is 11.7. The predicted octanol–water partition coefficient (Wildman–Crippen LogP) is 2.21. The Labute approximate surface area is 108 Å². The fourth-order valence-electron chi connectivity index (χ4n) is 3.44. The van der Waals surface area contributed by atoms with E-state index in [4.69, 9.17) is 4.74 Å². The molecule has 1 aromatic rings. The molecule has 18 heavy (non-hydrogen) atoms. The van der Waals surface area contributed by atoms with E-state index >= 15 is 0 Å². The van der Waals surface area contributed by atoms with E-state index in [9.17, 15) is 4.79 Å². The molecule has 0 bridgehead atoms. The van der Waals surface area contributed by atoms with Crippen molar-refractivity contribution in [1.82, 2.24) is 4.90 Å². The van der Waals surface area contributed by atoms with Crippen molar-refractivity contribution in [3.63, 3.8) is 0 Å². The van der Waals surface area contributed by atoms with E-state index in [-0.39, 0.29) is 17.0 Å². The molecule has 0 unspecified atom stereocenters. The lowest BCUT2D eigenvalue weighted by Crippen LogP contribution is -2.39. The number of nitrogens with zero attached hydrogens (tertiary/aromatic N) is 1. The number of ether oxygens (including phenoxy) is 1. The summed E-state index contributed by atoms with van der Waals surface area (Å²) in [4.78, 5) is 14.5. The first-order valence-electron chi connectivity index (χ1n) is 6.54. The molecule has 1 amide bonds. The molecule has 3 heteroatoms. The van der Waals surface area contributed by atoms with Gasteiger partial charge in [-0.15, -0.1) is 0 Å². The first-order chi connectivity index (χ1) is 8.54. The van der Waals surface area contributed by atoms with Gasteiger partial charge in [0.2, 0.25) is 5.91 Å². The molecule has 0 spiro atoms. The topological polar surface area (TPSA) is 29.5 Å². The van der Waals surface area contributed by atoms with Gasteiger partial charge >= 0.3 is 0 Å². The van der Waals surface area contributed by atoms with Crippen LogP contribution in [0.2, 0.25) is 0 Å². The molecular weight excluding hydrogens is 226 g/mol. The largest absolute Gasteiger partial charge is 0.354 e. The van der Waals surface area contributed by atoms with E-state index < -0.39 is 0 Å². The molecule has 2 saturated heterocycles. The van der Waals surface area contributed by atoms with E-state index in [1.54, 1.807) is 0 Å². The predicted molar refractivity (Wildman–Crippen MR) is 68.9 cm³/mol. The van der Waals surface area contributed by atoms with E-state index in [0.717, 1.165) is 19.4 Å². The Kier molecular flexibility index (Phi) is 2.49. The number of carbonyl (C=O) groups excluding carboxylic acids is 1. The fourth-order valence-corrected chi connectivity index (χ4v) is 3.44. The molecule has 3 rings (SSSR count). The minimum absolute atomic E-state index is 0.242.